The van der Waals surface area contributed by atoms with Gasteiger partial charge in [0.1, 0.15) is 5.82 Å². The fraction of sp³-hybridized carbons (Fsp3) is 0.118. The van der Waals surface area contributed by atoms with Crippen LogP contribution < -0.4 is 4.72 Å². The van der Waals surface area contributed by atoms with Gasteiger partial charge in [-0.25, -0.2) is 12.8 Å². The van der Waals surface area contributed by atoms with Crippen molar-refractivity contribution in [2.45, 2.75) is 17.9 Å². The molecule has 0 saturated heterocycles. The summed E-state index contributed by atoms with van der Waals surface area (Å²) in [6.45, 7) is 1.55. The summed E-state index contributed by atoms with van der Waals surface area (Å²) in [5, 5.41) is 12.7. The number of nitrogens with one attached hydrogen (secondary N) is 1. The Morgan fingerprint density at radius 1 is 1.23 bits per heavy atom. The SMILES string of the molecule is C[C@H](NS(=O)(=O)c1cccc(C#N)c1)c1nc(-c2ccc(F)cc2)no1. The zero-order valence-electron chi connectivity index (χ0n) is 13.5. The molecule has 0 aliphatic heterocycles. The van der Waals surface area contributed by atoms with Gasteiger partial charge < -0.3 is 4.52 Å². The summed E-state index contributed by atoms with van der Waals surface area (Å²) in [5.41, 5.74) is 0.773. The first kappa shape index (κ1) is 17.7. The Morgan fingerprint density at radius 3 is 2.65 bits per heavy atom. The molecule has 1 atom stereocenters. The van der Waals surface area contributed by atoms with Crippen molar-refractivity contribution in [2.24, 2.45) is 0 Å². The number of benzene rings is 2. The van der Waals surface area contributed by atoms with Crippen molar-refractivity contribution in [1.29, 1.82) is 5.26 Å². The number of nitrogens with zero attached hydrogens (tertiary/aromatic N) is 3. The zero-order chi connectivity index (χ0) is 18.7. The van der Waals surface area contributed by atoms with E-state index >= 15 is 0 Å². The van der Waals surface area contributed by atoms with E-state index in [1.54, 1.807) is 6.92 Å². The molecular weight excluding hydrogens is 359 g/mol. The molecule has 1 aromatic heterocycles. The highest BCUT2D eigenvalue weighted by molar-refractivity contribution is 7.89. The van der Waals surface area contributed by atoms with Gasteiger partial charge in [0.05, 0.1) is 22.6 Å². The molecule has 0 fully saturated rings. The van der Waals surface area contributed by atoms with Gasteiger partial charge in [-0.2, -0.15) is 15.0 Å². The Kier molecular flexibility index (Phi) is 4.79. The molecule has 26 heavy (non-hydrogen) atoms. The van der Waals surface area contributed by atoms with Gasteiger partial charge in [0.15, 0.2) is 0 Å². The average molecular weight is 372 g/mol. The molecule has 0 saturated carbocycles. The van der Waals surface area contributed by atoms with Gasteiger partial charge in [0.2, 0.25) is 21.7 Å². The summed E-state index contributed by atoms with van der Waals surface area (Å²) in [7, 11) is -3.88. The fourth-order valence-electron chi connectivity index (χ4n) is 2.21. The van der Waals surface area contributed by atoms with E-state index in [9.17, 15) is 12.8 Å². The number of halogens is 1. The first-order valence-corrected chi connectivity index (χ1v) is 8.99. The highest BCUT2D eigenvalue weighted by Crippen LogP contribution is 2.21. The van der Waals surface area contributed by atoms with Gasteiger partial charge in [-0.1, -0.05) is 11.2 Å². The summed E-state index contributed by atoms with van der Waals surface area (Å²) in [5.74, 6) is -0.111. The summed E-state index contributed by atoms with van der Waals surface area (Å²) in [6, 6.07) is 12.2. The lowest BCUT2D eigenvalue weighted by Crippen LogP contribution is -2.27. The third kappa shape index (κ3) is 3.77. The van der Waals surface area contributed by atoms with Gasteiger partial charge in [0.25, 0.3) is 0 Å². The molecule has 3 rings (SSSR count). The summed E-state index contributed by atoms with van der Waals surface area (Å²) in [6.07, 6.45) is 0. The Hall–Kier alpha value is -3.09. The van der Waals surface area contributed by atoms with Gasteiger partial charge in [-0.05, 0) is 49.4 Å². The highest BCUT2D eigenvalue weighted by atomic mass is 32.2. The Labute approximate surface area is 149 Å². The maximum atomic E-state index is 13.0. The van der Waals surface area contributed by atoms with Crippen molar-refractivity contribution in [3.05, 3.63) is 65.8 Å². The van der Waals surface area contributed by atoms with Gasteiger partial charge in [0, 0.05) is 5.56 Å². The van der Waals surface area contributed by atoms with Crippen LogP contribution in [0.5, 0.6) is 0 Å². The minimum Gasteiger partial charge on any atom is -0.337 e. The van der Waals surface area contributed by atoms with Crippen LogP contribution in [-0.2, 0) is 10.0 Å². The lowest BCUT2D eigenvalue weighted by atomic mass is 10.2. The lowest BCUT2D eigenvalue weighted by molar-refractivity contribution is 0.354. The number of sulfonamides is 1. The van der Waals surface area contributed by atoms with Crippen LogP contribution in [0.25, 0.3) is 11.4 Å². The molecule has 0 unspecified atom stereocenters. The molecule has 0 aliphatic rings. The number of rotatable bonds is 5. The Bertz CT molecular complexity index is 1070. The van der Waals surface area contributed by atoms with Crippen molar-refractivity contribution in [2.75, 3.05) is 0 Å². The quantitative estimate of drug-likeness (QED) is 0.738. The third-order valence-electron chi connectivity index (χ3n) is 3.52. The van der Waals surface area contributed by atoms with E-state index in [1.807, 2.05) is 6.07 Å². The molecule has 0 radical (unpaired) electrons. The molecule has 9 heteroatoms. The first-order valence-electron chi connectivity index (χ1n) is 7.51. The molecule has 0 spiro atoms. The summed E-state index contributed by atoms with van der Waals surface area (Å²) >= 11 is 0. The van der Waals surface area contributed by atoms with Gasteiger partial charge in [-0.3, -0.25) is 0 Å². The number of aromatic nitrogens is 2. The monoisotopic (exact) mass is 372 g/mol. The number of hydrogen-bond acceptors (Lipinski definition) is 6. The van der Waals surface area contributed by atoms with Crippen LogP contribution in [0.2, 0.25) is 0 Å². The van der Waals surface area contributed by atoms with E-state index in [2.05, 4.69) is 14.9 Å². The average Bonchev–Trinajstić information content (AvgIpc) is 3.12. The first-order chi connectivity index (χ1) is 12.4. The fourth-order valence-corrected chi connectivity index (χ4v) is 3.45. The van der Waals surface area contributed by atoms with E-state index < -0.39 is 21.9 Å². The highest BCUT2D eigenvalue weighted by Gasteiger charge is 2.23. The van der Waals surface area contributed by atoms with E-state index in [-0.39, 0.29) is 22.2 Å². The smallest absolute Gasteiger partial charge is 0.244 e. The predicted octanol–water partition coefficient (Wildman–Crippen LogP) is 2.79. The van der Waals surface area contributed by atoms with Gasteiger partial charge >= 0.3 is 0 Å². The van der Waals surface area contributed by atoms with Crippen LogP contribution in [0.1, 0.15) is 24.4 Å². The van der Waals surface area contributed by atoms with Crippen LogP contribution in [0, 0.1) is 17.1 Å². The van der Waals surface area contributed by atoms with E-state index in [0.717, 1.165) is 0 Å². The van der Waals surface area contributed by atoms with E-state index in [1.165, 1.54) is 48.5 Å². The van der Waals surface area contributed by atoms with Crippen molar-refractivity contribution in [1.82, 2.24) is 14.9 Å². The number of nitriles is 1. The third-order valence-corrected chi connectivity index (χ3v) is 5.06. The second kappa shape index (κ2) is 7.03. The predicted molar refractivity (Wildman–Crippen MR) is 89.6 cm³/mol. The molecule has 0 amide bonds. The molecule has 2 aromatic carbocycles. The zero-order valence-corrected chi connectivity index (χ0v) is 14.4. The van der Waals surface area contributed by atoms with Crippen molar-refractivity contribution >= 4 is 10.0 Å². The minimum absolute atomic E-state index is 0.0401. The van der Waals surface area contributed by atoms with Crippen molar-refractivity contribution < 1.29 is 17.3 Å². The van der Waals surface area contributed by atoms with E-state index in [4.69, 9.17) is 9.78 Å². The van der Waals surface area contributed by atoms with Crippen LogP contribution in [0.15, 0.2) is 57.9 Å². The standard InChI is InChI=1S/C17H13FN4O3S/c1-11(22-26(23,24)15-4-2-3-12(9-15)10-19)17-20-16(21-25-17)13-5-7-14(18)8-6-13/h2-9,11,22H,1H3/t11-/m0/s1. The normalized spacial score (nSPS) is 12.5. The van der Waals surface area contributed by atoms with E-state index in [0.29, 0.717) is 5.56 Å². The molecule has 7 nitrogen and oxygen atoms in total. The van der Waals surface area contributed by atoms with Crippen LogP contribution >= 0.6 is 0 Å². The largest absolute Gasteiger partial charge is 0.337 e. The Balaban J connectivity index is 1.80. The summed E-state index contributed by atoms with van der Waals surface area (Å²) < 4.78 is 45.4. The van der Waals surface area contributed by atoms with Crippen molar-refractivity contribution in [3.8, 4) is 17.5 Å². The van der Waals surface area contributed by atoms with Gasteiger partial charge in [-0.15, -0.1) is 0 Å². The van der Waals surface area contributed by atoms with Crippen LogP contribution in [-0.4, -0.2) is 18.6 Å². The molecule has 132 valence electrons. The molecule has 0 bridgehead atoms. The lowest BCUT2D eigenvalue weighted by Gasteiger charge is -2.10. The Morgan fingerprint density at radius 2 is 1.96 bits per heavy atom. The molecule has 1 heterocycles. The molecular formula is C17H13FN4O3S. The number of hydrogen-bond donors (Lipinski definition) is 1. The van der Waals surface area contributed by atoms with Crippen LogP contribution in [0.4, 0.5) is 4.39 Å². The second-order valence-electron chi connectivity index (χ2n) is 5.45. The molecule has 3 aromatic rings. The maximum absolute atomic E-state index is 13.0. The topological polar surface area (TPSA) is 109 Å². The van der Waals surface area contributed by atoms with Crippen LogP contribution in [0.3, 0.4) is 0 Å². The second-order valence-corrected chi connectivity index (χ2v) is 7.16. The van der Waals surface area contributed by atoms with Crippen molar-refractivity contribution in [3.63, 3.8) is 0 Å². The molecule has 1 N–H and O–H groups in total. The summed E-state index contributed by atoms with van der Waals surface area (Å²) in [4.78, 5) is 4.10. The maximum Gasteiger partial charge on any atom is 0.244 e. The minimum atomic E-state index is -3.88. The molecule has 0 aliphatic carbocycles.